The average molecular weight is 519 g/mol. The minimum atomic E-state index is -1.10. The van der Waals surface area contributed by atoms with E-state index in [-0.39, 0.29) is 25.3 Å². The highest BCUT2D eigenvalue weighted by molar-refractivity contribution is 5.92. The zero-order chi connectivity index (χ0) is 28.4. The van der Waals surface area contributed by atoms with Gasteiger partial charge in [0.1, 0.15) is 17.7 Å². The lowest BCUT2D eigenvalue weighted by Crippen LogP contribution is -2.55. The molecule has 208 valence electrons. The Kier molecular flexibility index (Phi) is 12.1. The second-order valence-electron chi connectivity index (χ2n) is 11.3. The van der Waals surface area contributed by atoms with Crippen molar-refractivity contribution in [2.75, 3.05) is 6.54 Å². The smallest absolute Gasteiger partial charge is 0.408 e. The first-order valence-electron chi connectivity index (χ1n) is 13.1. The zero-order valence-corrected chi connectivity index (χ0v) is 23.8. The van der Waals surface area contributed by atoms with Gasteiger partial charge in [0.05, 0.1) is 0 Å². The van der Waals surface area contributed by atoms with E-state index < -0.39 is 41.1 Å². The highest BCUT2D eigenvalue weighted by Gasteiger charge is 2.37. The molecule has 0 fully saturated rings. The minimum absolute atomic E-state index is 0.0155. The van der Waals surface area contributed by atoms with Crippen molar-refractivity contribution >= 4 is 23.8 Å². The molecule has 4 amide bonds. The Hall–Kier alpha value is -3.10. The minimum Gasteiger partial charge on any atom is -0.444 e. The third kappa shape index (κ3) is 11.7. The van der Waals surface area contributed by atoms with E-state index in [0.29, 0.717) is 12.0 Å². The van der Waals surface area contributed by atoms with E-state index in [4.69, 9.17) is 10.5 Å². The summed E-state index contributed by atoms with van der Waals surface area (Å²) in [6, 6.07) is 5.58. The molecule has 0 aliphatic carbocycles. The number of amides is 4. The Morgan fingerprint density at radius 1 is 1.00 bits per heavy atom. The number of nitrogens with two attached hydrogens (primary N) is 1. The number of primary amides is 1. The number of rotatable bonds is 12. The van der Waals surface area contributed by atoms with Crippen LogP contribution in [0.25, 0.3) is 0 Å². The Labute approximate surface area is 221 Å². The maximum Gasteiger partial charge on any atom is 0.408 e. The van der Waals surface area contributed by atoms with Crippen LogP contribution in [0.15, 0.2) is 24.3 Å². The third-order valence-electron chi connectivity index (χ3n) is 5.47. The molecule has 2 atom stereocenters. The van der Waals surface area contributed by atoms with Gasteiger partial charge in [-0.05, 0) is 71.9 Å². The molecule has 1 aromatic rings. The van der Waals surface area contributed by atoms with Crippen molar-refractivity contribution < 1.29 is 23.9 Å². The number of carbonyl (C=O) groups is 4. The largest absolute Gasteiger partial charge is 0.444 e. The van der Waals surface area contributed by atoms with Gasteiger partial charge in [-0.15, -0.1) is 0 Å². The fraction of sp³-hybridized carbons (Fsp3) is 0.643. The number of nitrogens with one attached hydrogen (secondary N) is 2. The summed E-state index contributed by atoms with van der Waals surface area (Å²) in [6.45, 7) is 15.1. The van der Waals surface area contributed by atoms with Crippen molar-refractivity contribution in [3.05, 3.63) is 35.4 Å². The first kappa shape index (κ1) is 31.9. The molecule has 0 aromatic heterocycles. The summed E-state index contributed by atoms with van der Waals surface area (Å²) in [5.41, 5.74) is 5.81. The van der Waals surface area contributed by atoms with Crippen LogP contribution < -0.4 is 16.4 Å². The Bertz CT molecular complexity index is 916. The topological polar surface area (TPSA) is 131 Å². The van der Waals surface area contributed by atoms with E-state index in [0.717, 1.165) is 18.4 Å². The summed E-state index contributed by atoms with van der Waals surface area (Å²) >= 11 is 0. The van der Waals surface area contributed by atoms with E-state index in [9.17, 15) is 19.2 Å². The van der Waals surface area contributed by atoms with Crippen LogP contribution >= 0.6 is 0 Å². The van der Waals surface area contributed by atoms with Crippen molar-refractivity contribution in [3.8, 4) is 0 Å². The number of benzene rings is 1. The molecule has 1 aromatic carbocycles. The molecule has 0 saturated heterocycles. The van der Waals surface area contributed by atoms with Crippen molar-refractivity contribution in [2.24, 2.45) is 5.73 Å². The van der Waals surface area contributed by atoms with Crippen LogP contribution in [0.3, 0.4) is 0 Å². The number of unbranched alkanes of at least 4 members (excludes halogenated alkanes) is 1. The predicted octanol–water partition coefficient (Wildman–Crippen LogP) is 3.99. The molecule has 1 rings (SSSR count). The first-order valence-corrected chi connectivity index (χ1v) is 13.1. The van der Waals surface area contributed by atoms with Crippen molar-refractivity contribution in [1.29, 1.82) is 0 Å². The van der Waals surface area contributed by atoms with E-state index in [1.165, 1.54) is 4.90 Å². The van der Waals surface area contributed by atoms with Crippen LogP contribution in [0.1, 0.15) is 98.2 Å². The number of carbonyl (C=O) groups excluding carboxylic acids is 4. The molecule has 0 spiro atoms. The molecule has 0 saturated carbocycles. The quantitative estimate of drug-likeness (QED) is 0.385. The number of nitrogens with zero attached hydrogens (tertiary/aromatic N) is 1. The van der Waals surface area contributed by atoms with Crippen LogP contribution in [0.5, 0.6) is 0 Å². The van der Waals surface area contributed by atoms with E-state index in [2.05, 4.69) is 10.6 Å². The van der Waals surface area contributed by atoms with Gasteiger partial charge in [-0.3, -0.25) is 14.4 Å². The van der Waals surface area contributed by atoms with Gasteiger partial charge in [0.25, 0.3) is 0 Å². The number of ether oxygens (including phenoxy) is 1. The molecule has 9 heteroatoms. The lowest BCUT2D eigenvalue weighted by Gasteiger charge is -2.36. The lowest BCUT2D eigenvalue weighted by atomic mass is 9.98. The highest BCUT2D eigenvalue weighted by atomic mass is 16.6. The van der Waals surface area contributed by atoms with Gasteiger partial charge < -0.3 is 26.0 Å². The molecular weight excluding hydrogens is 472 g/mol. The summed E-state index contributed by atoms with van der Waals surface area (Å²) in [5.74, 6) is -1.40. The maximum absolute atomic E-state index is 14.0. The highest BCUT2D eigenvalue weighted by Crippen LogP contribution is 2.25. The Balaban J connectivity index is 3.52. The SMILES string of the molecule is CCCCN(C(=O)C(CCC(N)=O)NC(=O)OC(C)(C)C)C(C(=O)NC(C)(C)C)c1ccc(CC)cc1. The molecule has 9 nitrogen and oxygen atoms in total. The van der Waals surface area contributed by atoms with Crippen LogP contribution in [0.2, 0.25) is 0 Å². The van der Waals surface area contributed by atoms with Crippen LogP contribution in [0, 0.1) is 0 Å². The molecule has 4 N–H and O–H groups in total. The molecule has 0 heterocycles. The maximum atomic E-state index is 14.0. The second kappa shape index (κ2) is 14.0. The third-order valence-corrected chi connectivity index (χ3v) is 5.47. The standard InChI is InChI=1S/C28H46N4O5/c1-9-11-18-32(25(35)21(16-17-22(29)33)30-26(36)37-28(6,7)8)23(24(34)31-27(3,4)5)20-14-12-19(10-2)13-15-20/h12-15,21,23H,9-11,16-18H2,1-8H3,(H2,29,33)(H,30,36)(H,31,34). The van der Waals surface area contributed by atoms with Gasteiger partial charge in [0, 0.05) is 18.5 Å². The number of hydrogen-bond acceptors (Lipinski definition) is 5. The number of hydrogen-bond donors (Lipinski definition) is 3. The molecule has 2 unspecified atom stereocenters. The van der Waals surface area contributed by atoms with Gasteiger partial charge in [-0.1, -0.05) is 44.5 Å². The average Bonchev–Trinajstić information content (AvgIpc) is 2.76. The van der Waals surface area contributed by atoms with Gasteiger partial charge in [0.2, 0.25) is 17.7 Å². The van der Waals surface area contributed by atoms with Gasteiger partial charge in [0.15, 0.2) is 0 Å². The summed E-state index contributed by atoms with van der Waals surface area (Å²) < 4.78 is 5.35. The lowest BCUT2D eigenvalue weighted by molar-refractivity contribution is -0.143. The second-order valence-corrected chi connectivity index (χ2v) is 11.3. The molecule has 37 heavy (non-hydrogen) atoms. The predicted molar refractivity (Wildman–Crippen MR) is 145 cm³/mol. The van der Waals surface area contributed by atoms with Crippen LogP contribution in [0.4, 0.5) is 4.79 Å². The fourth-order valence-corrected chi connectivity index (χ4v) is 3.74. The van der Waals surface area contributed by atoms with E-state index in [1.807, 2.05) is 58.9 Å². The summed E-state index contributed by atoms with van der Waals surface area (Å²) in [5, 5.41) is 5.61. The molecule has 0 aliphatic heterocycles. The number of aryl methyl sites for hydroxylation is 1. The molecular formula is C28H46N4O5. The van der Waals surface area contributed by atoms with Crippen molar-refractivity contribution in [1.82, 2.24) is 15.5 Å². The fourth-order valence-electron chi connectivity index (χ4n) is 3.74. The Morgan fingerprint density at radius 2 is 1.59 bits per heavy atom. The van der Waals surface area contributed by atoms with Gasteiger partial charge in [-0.2, -0.15) is 0 Å². The van der Waals surface area contributed by atoms with Crippen LogP contribution in [-0.2, 0) is 25.5 Å². The van der Waals surface area contributed by atoms with Gasteiger partial charge >= 0.3 is 6.09 Å². The van der Waals surface area contributed by atoms with E-state index in [1.54, 1.807) is 20.8 Å². The number of alkyl carbamates (subject to hydrolysis) is 1. The molecule has 0 bridgehead atoms. The summed E-state index contributed by atoms with van der Waals surface area (Å²) in [7, 11) is 0. The van der Waals surface area contributed by atoms with E-state index >= 15 is 0 Å². The van der Waals surface area contributed by atoms with Gasteiger partial charge in [-0.25, -0.2) is 4.79 Å². The van der Waals surface area contributed by atoms with Crippen molar-refractivity contribution in [3.63, 3.8) is 0 Å². The molecule has 0 radical (unpaired) electrons. The van der Waals surface area contributed by atoms with Crippen molar-refractivity contribution in [2.45, 2.75) is 111 Å². The molecule has 0 aliphatic rings. The summed E-state index contributed by atoms with van der Waals surface area (Å²) in [4.78, 5) is 53.3. The monoisotopic (exact) mass is 518 g/mol. The Morgan fingerprint density at radius 3 is 2.05 bits per heavy atom. The summed E-state index contributed by atoms with van der Waals surface area (Å²) in [6.07, 6.45) is 1.36. The normalized spacial score (nSPS) is 13.3. The first-order chi connectivity index (χ1) is 17.1. The zero-order valence-electron chi connectivity index (χ0n) is 23.8. The van der Waals surface area contributed by atoms with Crippen LogP contribution in [-0.4, -0.2) is 52.4 Å².